The second-order valence-corrected chi connectivity index (χ2v) is 4.21. The van der Waals surface area contributed by atoms with Gasteiger partial charge in [-0.25, -0.2) is 9.96 Å². The number of carbonyl (C=O) groups excluding carboxylic acids is 1. The normalized spacial score (nSPS) is 24.3. The number of hydrogen-bond acceptors (Lipinski definition) is 4. The Bertz CT molecular complexity index is 366. The van der Waals surface area contributed by atoms with Crippen molar-refractivity contribution in [3.8, 4) is 6.57 Å². The third-order valence-corrected chi connectivity index (χ3v) is 2.97. The van der Waals surface area contributed by atoms with Crippen LogP contribution in [0.5, 0.6) is 0 Å². The summed E-state index contributed by atoms with van der Waals surface area (Å²) in [4.78, 5) is 32.5. The van der Waals surface area contributed by atoms with Crippen molar-refractivity contribution in [1.29, 1.82) is 0 Å². The molecular formula is C11H18N3O4+. The van der Waals surface area contributed by atoms with Crippen molar-refractivity contribution < 1.29 is 19.5 Å². The number of piperidine rings is 1. The number of carboxylic acid groups (broad SMARTS) is 1. The van der Waals surface area contributed by atoms with Crippen molar-refractivity contribution in [2.75, 3.05) is 20.2 Å². The Kier molecular flexibility index (Phi) is 5.07. The molecule has 1 fully saturated rings. The smallest absolute Gasteiger partial charge is 0.329 e. The average molecular weight is 256 g/mol. The van der Waals surface area contributed by atoms with Crippen LogP contribution in [0.2, 0.25) is 0 Å². The largest absolute Gasteiger partial charge is 0.480 e. The van der Waals surface area contributed by atoms with Gasteiger partial charge in [-0.05, 0) is 6.42 Å². The lowest BCUT2D eigenvalue weighted by atomic mass is 10.0. The highest BCUT2D eigenvalue weighted by molar-refractivity contribution is 5.72. The summed E-state index contributed by atoms with van der Waals surface area (Å²) < 4.78 is 0. The molecular weight excluding hydrogens is 238 g/mol. The van der Waals surface area contributed by atoms with Crippen LogP contribution in [0.3, 0.4) is 0 Å². The Hall–Kier alpha value is -1.65. The molecule has 0 aliphatic carbocycles. The summed E-state index contributed by atoms with van der Waals surface area (Å²) in [6, 6.07) is -0.176. The van der Waals surface area contributed by atoms with Crippen LogP contribution in [-0.4, -0.2) is 59.4 Å². The number of amides is 1. The van der Waals surface area contributed by atoms with Gasteiger partial charge in [-0.3, -0.25) is 14.4 Å². The zero-order chi connectivity index (χ0) is 13.7. The van der Waals surface area contributed by atoms with Crippen LogP contribution >= 0.6 is 0 Å². The summed E-state index contributed by atoms with van der Waals surface area (Å²) in [6.45, 7) is 6.89. The van der Waals surface area contributed by atoms with Gasteiger partial charge in [-0.15, -0.1) is 0 Å². The van der Waals surface area contributed by atoms with Crippen LogP contribution in [0.4, 0.5) is 0 Å². The molecule has 1 aliphatic heterocycles. The van der Waals surface area contributed by atoms with E-state index in [-0.39, 0.29) is 24.7 Å². The summed E-state index contributed by atoms with van der Waals surface area (Å²) in [6.07, 6.45) is 0.958. The lowest BCUT2D eigenvalue weighted by Crippen LogP contribution is -2.53. The highest BCUT2D eigenvalue weighted by atomic mass is 16.7. The van der Waals surface area contributed by atoms with Gasteiger partial charge >= 0.3 is 12.1 Å². The Morgan fingerprint density at radius 1 is 1.56 bits per heavy atom. The van der Waals surface area contributed by atoms with Crippen LogP contribution < -0.4 is 0 Å². The molecule has 1 unspecified atom stereocenters. The summed E-state index contributed by atoms with van der Waals surface area (Å²) in [5.41, 5.74) is 0. The summed E-state index contributed by atoms with van der Waals surface area (Å²) >= 11 is 0. The van der Waals surface area contributed by atoms with E-state index in [0.717, 1.165) is 0 Å². The van der Waals surface area contributed by atoms with Gasteiger partial charge in [0.25, 0.3) is 6.57 Å². The molecule has 7 nitrogen and oxygen atoms in total. The molecule has 1 saturated heterocycles. The van der Waals surface area contributed by atoms with E-state index in [2.05, 4.69) is 4.85 Å². The monoisotopic (exact) mass is 256 g/mol. The minimum atomic E-state index is -0.948. The van der Waals surface area contributed by atoms with Crippen molar-refractivity contribution in [2.45, 2.75) is 32.0 Å². The van der Waals surface area contributed by atoms with E-state index < -0.39 is 5.97 Å². The summed E-state index contributed by atoms with van der Waals surface area (Å²) in [5.74, 6) is -1.16. The van der Waals surface area contributed by atoms with E-state index in [0.29, 0.717) is 19.4 Å². The van der Waals surface area contributed by atoms with Gasteiger partial charge in [-0.2, -0.15) is 0 Å². The summed E-state index contributed by atoms with van der Waals surface area (Å²) in [5, 5.41) is 10.1. The van der Waals surface area contributed by atoms with Crippen LogP contribution in [-0.2, 0) is 14.4 Å². The quantitative estimate of drug-likeness (QED) is 0.729. The van der Waals surface area contributed by atoms with E-state index in [4.69, 9.17) is 16.5 Å². The first-order valence-corrected chi connectivity index (χ1v) is 5.69. The lowest BCUT2D eigenvalue weighted by Gasteiger charge is -2.35. The third-order valence-electron chi connectivity index (χ3n) is 2.97. The van der Waals surface area contributed by atoms with Crippen molar-refractivity contribution >= 4 is 11.9 Å². The molecule has 0 aromatic heterocycles. The number of likely N-dealkylation sites (tertiary alicyclic amines) is 1. The van der Waals surface area contributed by atoms with Gasteiger partial charge in [0.15, 0.2) is 0 Å². The van der Waals surface area contributed by atoms with Gasteiger partial charge in [0, 0.05) is 19.9 Å². The van der Waals surface area contributed by atoms with Crippen LogP contribution in [0.25, 0.3) is 4.85 Å². The van der Waals surface area contributed by atoms with E-state index in [1.54, 1.807) is 4.90 Å². The fourth-order valence-electron chi connectivity index (χ4n) is 2.25. The molecule has 0 spiro atoms. The molecule has 1 rings (SSSR count). The van der Waals surface area contributed by atoms with E-state index >= 15 is 0 Å². The number of carbonyl (C=O) groups is 2. The van der Waals surface area contributed by atoms with Crippen molar-refractivity contribution in [1.82, 2.24) is 9.96 Å². The highest BCUT2D eigenvalue weighted by Crippen LogP contribution is 2.22. The van der Waals surface area contributed by atoms with Gasteiger partial charge < -0.3 is 5.11 Å². The molecule has 1 heterocycles. The Morgan fingerprint density at radius 2 is 2.22 bits per heavy atom. The number of nitrogens with zero attached hydrogens (tertiary/aromatic N) is 3. The first kappa shape index (κ1) is 14.4. The van der Waals surface area contributed by atoms with Gasteiger partial charge in [0.1, 0.15) is 6.54 Å². The Balaban J connectivity index is 2.74. The second kappa shape index (κ2) is 6.33. The van der Waals surface area contributed by atoms with Crippen LogP contribution in [0, 0.1) is 6.57 Å². The van der Waals surface area contributed by atoms with E-state index in [1.807, 2.05) is 0 Å². The minimum Gasteiger partial charge on any atom is -0.480 e. The molecule has 1 amide bonds. The van der Waals surface area contributed by atoms with Crippen LogP contribution in [0.15, 0.2) is 0 Å². The second-order valence-electron chi connectivity index (χ2n) is 4.21. The molecule has 100 valence electrons. The van der Waals surface area contributed by atoms with Gasteiger partial charge in [0.05, 0.1) is 13.2 Å². The first-order chi connectivity index (χ1) is 8.49. The van der Waals surface area contributed by atoms with Gasteiger partial charge in [-0.1, -0.05) is 4.85 Å². The number of aliphatic carboxylic acids is 1. The Labute approximate surface area is 106 Å². The standard InChI is InChI=1S/C11H17N3O4/c1-8(15)14(18-3)9-4-5-10(12-2)13(6-9)7-11(16)17/h2,9-10H,4-7H2,1,3H3/p+1/t9?,10-/m0/s1. The number of hydrogen-bond donors (Lipinski definition) is 1. The lowest BCUT2D eigenvalue weighted by molar-refractivity contribution is -0.192. The average Bonchev–Trinajstić information content (AvgIpc) is 2.29. The topological polar surface area (TPSA) is 74.4 Å². The molecule has 0 aromatic carbocycles. The number of rotatable bonds is 4. The zero-order valence-corrected chi connectivity index (χ0v) is 10.6. The number of carboxylic acids is 1. The van der Waals surface area contributed by atoms with Crippen molar-refractivity contribution in [2.24, 2.45) is 0 Å². The highest BCUT2D eigenvalue weighted by Gasteiger charge is 2.38. The molecule has 18 heavy (non-hydrogen) atoms. The number of hydroxylamine groups is 2. The first-order valence-electron chi connectivity index (χ1n) is 5.69. The minimum absolute atomic E-state index is 0.155. The van der Waals surface area contributed by atoms with Crippen molar-refractivity contribution in [3.05, 3.63) is 4.85 Å². The van der Waals surface area contributed by atoms with Crippen LogP contribution in [0.1, 0.15) is 19.8 Å². The summed E-state index contributed by atoms with van der Waals surface area (Å²) in [7, 11) is 1.42. The molecule has 1 N–H and O–H groups in total. The predicted molar refractivity (Wildman–Crippen MR) is 63.9 cm³/mol. The zero-order valence-electron chi connectivity index (χ0n) is 10.6. The fraction of sp³-hybridized carbons (Fsp3) is 0.727. The van der Waals surface area contributed by atoms with E-state index in [9.17, 15) is 9.59 Å². The van der Waals surface area contributed by atoms with E-state index in [1.165, 1.54) is 19.1 Å². The predicted octanol–water partition coefficient (Wildman–Crippen LogP) is 0.234. The molecule has 0 bridgehead atoms. The maximum Gasteiger partial charge on any atom is 0.329 e. The SMILES string of the molecule is C#[N+][C@@H]1CCC(N(OC)C(C)=O)CN1CC(=O)O. The fourth-order valence-corrected chi connectivity index (χ4v) is 2.25. The Morgan fingerprint density at radius 3 is 2.67 bits per heavy atom. The van der Waals surface area contributed by atoms with Gasteiger partial charge in [0.2, 0.25) is 5.91 Å². The molecule has 0 aromatic rings. The molecule has 2 atom stereocenters. The molecule has 7 heteroatoms. The maximum atomic E-state index is 11.4. The molecule has 0 radical (unpaired) electrons. The maximum absolute atomic E-state index is 11.4. The molecule has 1 aliphatic rings. The third kappa shape index (κ3) is 3.42. The molecule has 0 saturated carbocycles. The van der Waals surface area contributed by atoms with Crippen molar-refractivity contribution in [3.63, 3.8) is 0 Å².